The minimum atomic E-state index is -0.213. The van der Waals surface area contributed by atoms with E-state index >= 15 is 0 Å². The normalized spacial score (nSPS) is 18.3. The summed E-state index contributed by atoms with van der Waals surface area (Å²) >= 11 is 1.39. The van der Waals surface area contributed by atoms with Crippen molar-refractivity contribution in [2.75, 3.05) is 11.9 Å². The SMILES string of the molecule is Cc1nsc2ncnc(NC3(CO)CCCC3)c12. The molecule has 6 heteroatoms. The van der Waals surface area contributed by atoms with Gasteiger partial charge in [0, 0.05) is 0 Å². The van der Waals surface area contributed by atoms with Crippen molar-refractivity contribution >= 4 is 27.6 Å². The van der Waals surface area contributed by atoms with Gasteiger partial charge in [-0.05, 0) is 31.3 Å². The van der Waals surface area contributed by atoms with Gasteiger partial charge in [0.2, 0.25) is 0 Å². The number of hydrogen-bond donors (Lipinski definition) is 2. The molecule has 0 aromatic carbocycles. The van der Waals surface area contributed by atoms with Gasteiger partial charge in [-0.25, -0.2) is 9.97 Å². The van der Waals surface area contributed by atoms with E-state index in [0.717, 1.165) is 47.4 Å². The molecular weight excluding hydrogens is 248 g/mol. The fraction of sp³-hybridized carbons (Fsp3) is 0.583. The molecule has 2 N–H and O–H groups in total. The molecule has 0 unspecified atom stereocenters. The molecule has 3 rings (SSSR count). The minimum Gasteiger partial charge on any atom is -0.394 e. The maximum atomic E-state index is 9.65. The molecule has 0 aliphatic heterocycles. The first-order valence-corrected chi connectivity index (χ1v) is 6.97. The number of rotatable bonds is 3. The molecule has 5 nitrogen and oxygen atoms in total. The zero-order valence-electron chi connectivity index (χ0n) is 10.3. The van der Waals surface area contributed by atoms with Crippen LogP contribution in [0.3, 0.4) is 0 Å². The van der Waals surface area contributed by atoms with Crippen LogP contribution in [0.2, 0.25) is 0 Å². The average molecular weight is 264 g/mol. The lowest BCUT2D eigenvalue weighted by molar-refractivity contribution is 0.214. The van der Waals surface area contributed by atoms with Crippen molar-refractivity contribution in [1.82, 2.24) is 14.3 Å². The van der Waals surface area contributed by atoms with Gasteiger partial charge in [-0.1, -0.05) is 12.8 Å². The van der Waals surface area contributed by atoms with E-state index in [-0.39, 0.29) is 12.1 Å². The molecule has 1 aliphatic carbocycles. The maximum absolute atomic E-state index is 9.65. The molecule has 2 heterocycles. The Morgan fingerprint density at radius 2 is 2.17 bits per heavy atom. The van der Waals surface area contributed by atoms with Gasteiger partial charge in [0.1, 0.15) is 17.0 Å². The van der Waals surface area contributed by atoms with Gasteiger partial charge in [0.25, 0.3) is 0 Å². The van der Waals surface area contributed by atoms with Crippen LogP contribution in [0.25, 0.3) is 10.2 Å². The molecule has 0 amide bonds. The first kappa shape index (κ1) is 11.8. The highest BCUT2D eigenvalue weighted by molar-refractivity contribution is 7.13. The summed E-state index contributed by atoms with van der Waals surface area (Å²) in [6.45, 7) is 2.11. The summed E-state index contributed by atoms with van der Waals surface area (Å²) in [7, 11) is 0. The minimum absolute atomic E-state index is 0.148. The molecule has 0 spiro atoms. The molecule has 0 atom stereocenters. The number of aliphatic hydroxyl groups is 1. The summed E-state index contributed by atoms with van der Waals surface area (Å²) in [4.78, 5) is 9.46. The second kappa shape index (κ2) is 4.44. The van der Waals surface area contributed by atoms with Gasteiger partial charge in [0.05, 0.1) is 23.2 Å². The molecule has 2 aromatic rings. The second-order valence-electron chi connectivity index (χ2n) is 4.94. The number of aliphatic hydroxyl groups excluding tert-OH is 1. The lowest BCUT2D eigenvalue weighted by Crippen LogP contribution is -2.39. The number of nitrogens with zero attached hydrogens (tertiary/aromatic N) is 3. The first-order chi connectivity index (χ1) is 8.74. The van der Waals surface area contributed by atoms with E-state index in [2.05, 4.69) is 19.7 Å². The van der Waals surface area contributed by atoms with Crippen molar-refractivity contribution in [3.05, 3.63) is 12.0 Å². The van der Waals surface area contributed by atoms with E-state index in [4.69, 9.17) is 0 Å². The van der Waals surface area contributed by atoms with E-state index in [9.17, 15) is 5.11 Å². The van der Waals surface area contributed by atoms with Crippen molar-refractivity contribution < 1.29 is 5.11 Å². The van der Waals surface area contributed by atoms with Crippen molar-refractivity contribution in [2.45, 2.75) is 38.1 Å². The average Bonchev–Trinajstić information content (AvgIpc) is 2.99. The quantitative estimate of drug-likeness (QED) is 0.888. The standard InChI is InChI=1S/C12H16N4OS/c1-8-9-10(13-7-14-11(9)18-16-8)15-12(6-17)4-2-3-5-12/h7,17H,2-6H2,1H3,(H,13,14,15). The van der Waals surface area contributed by atoms with Crippen LogP contribution in [0.4, 0.5) is 5.82 Å². The lowest BCUT2D eigenvalue weighted by Gasteiger charge is -2.28. The number of nitrogens with one attached hydrogen (secondary N) is 1. The Kier molecular flexibility index (Phi) is 2.91. The summed E-state index contributed by atoms with van der Waals surface area (Å²) in [5.74, 6) is 0.808. The topological polar surface area (TPSA) is 70.9 Å². The summed E-state index contributed by atoms with van der Waals surface area (Å²) in [5, 5.41) is 14.1. The summed E-state index contributed by atoms with van der Waals surface area (Å²) in [6.07, 6.45) is 5.85. The molecular formula is C12H16N4OS. The van der Waals surface area contributed by atoms with Crippen LogP contribution in [-0.2, 0) is 0 Å². The third kappa shape index (κ3) is 1.85. The highest BCUT2D eigenvalue weighted by Gasteiger charge is 2.34. The highest BCUT2D eigenvalue weighted by Crippen LogP contribution is 2.35. The Bertz CT molecular complexity index is 562. The number of fused-ring (bicyclic) bond motifs is 1. The van der Waals surface area contributed by atoms with E-state index in [0.29, 0.717) is 0 Å². The van der Waals surface area contributed by atoms with E-state index in [1.807, 2.05) is 6.92 Å². The Morgan fingerprint density at radius 1 is 1.39 bits per heavy atom. The van der Waals surface area contributed by atoms with E-state index in [1.54, 1.807) is 6.33 Å². The predicted molar refractivity (Wildman–Crippen MR) is 71.9 cm³/mol. The molecule has 96 valence electrons. The van der Waals surface area contributed by atoms with Gasteiger partial charge >= 0.3 is 0 Å². The predicted octanol–water partition coefficient (Wildman–Crippen LogP) is 2.11. The maximum Gasteiger partial charge on any atom is 0.149 e. The molecule has 1 aliphatic rings. The van der Waals surface area contributed by atoms with Gasteiger partial charge in [-0.3, -0.25) is 0 Å². The van der Waals surface area contributed by atoms with Crippen molar-refractivity contribution in [3.63, 3.8) is 0 Å². The third-order valence-electron chi connectivity index (χ3n) is 3.69. The molecule has 2 aromatic heterocycles. The Hall–Kier alpha value is -1.27. The molecule has 1 fully saturated rings. The van der Waals surface area contributed by atoms with Crippen molar-refractivity contribution in [3.8, 4) is 0 Å². The number of aromatic nitrogens is 3. The van der Waals surface area contributed by atoms with Crippen LogP contribution in [0.15, 0.2) is 6.33 Å². The summed E-state index contributed by atoms with van der Waals surface area (Å²) in [5.41, 5.74) is 0.736. The molecule has 1 saturated carbocycles. The second-order valence-corrected chi connectivity index (χ2v) is 5.69. The lowest BCUT2D eigenvalue weighted by atomic mass is 9.99. The Morgan fingerprint density at radius 3 is 2.89 bits per heavy atom. The van der Waals surface area contributed by atoms with E-state index < -0.39 is 0 Å². The van der Waals surface area contributed by atoms with Crippen LogP contribution < -0.4 is 5.32 Å². The van der Waals surface area contributed by atoms with Crippen molar-refractivity contribution in [2.24, 2.45) is 0 Å². The van der Waals surface area contributed by atoms with Gasteiger partial charge in [-0.15, -0.1) is 0 Å². The third-order valence-corrected chi connectivity index (χ3v) is 4.54. The number of aryl methyl sites for hydroxylation is 1. The van der Waals surface area contributed by atoms with Crippen LogP contribution >= 0.6 is 11.5 Å². The molecule has 0 bridgehead atoms. The summed E-state index contributed by atoms with van der Waals surface area (Å²) < 4.78 is 4.32. The van der Waals surface area contributed by atoms with Crippen LogP contribution in [0.5, 0.6) is 0 Å². The van der Waals surface area contributed by atoms with Gasteiger partial charge in [-0.2, -0.15) is 4.37 Å². The Balaban J connectivity index is 2.01. The van der Waals surface area contributed by atoms with E-state index in [1.165, 1.54) is 11.5 Å². The van der Waals surface area contributed by atoms with Crippen LogP contribution in [0.1, 0.15) is 31.4 Å². The van der Waals surface area contributed by atoms with Crippen molar-refractivity contribution in [1.29, 1.82) is 0 Å². The molecule has 18 heavy (non-hydrogen) atoms. The number of anilines is 1. The van der Waals surface area contributed by atoms with Gasteiger partial charge < -0.3 is 10.4 Å². The fourth-order valence-corrected chi connectivity index (χ4v) is 3.39. The first-order valence-electron chi connectivity index (χ1n) is 6.20. The molecule has 0 radical (unpaired) electrons. The molecule has 0 saturated heterocycles. The number of hydrogen-bond acceptors (Lipinski definition) is 6. The van der Waals surface area contributed by atoms with Crippen LogP contribution in [0, 0.1) is 6.92 Å². The smallest absolute Gasteiger partial charge is 0.149 e. The zero-order chi connectivity index (χ0) is 12.6. The fourth-order valence-electron chi connectivity index (χ4n) is 2.64. The Labute approximate surface area is 109 Å². The monoisotopic (exact) mass is 264 g/mol. The zero-order valence-corrected chi connectivity index (χ0v) is 11.1. The van der Waals surface area contributed by atoms with Gasteiger partial charge in [0.15, 0.2) is 0 Å². The summed E-state index contributed by atoms with van der Waals surface area (Å²) in [6, 6.07) is 0. The highest BCUT2D eigenvalue weighted by atomic mass is 32.1. The largest absolute Gasteiger partial charge is 0.394 e. The van der Waals surface area contributed by atoms with Crippen LogP contribution in [-0.4, -0.2) is 31.6 Å².